The summed E-state index contributed by atoms with van der Waals surface area (Å²) in [6.07, 6.45) is 2.76. The summed E-state index contributed by atoms with van der Waals surface area (Å²) in [5.41, 5.74) is 0.968. The van der Waals surface area contributed by atoms with E-state index >= 15 is 0 Å². The van der Waals surface area contributed by atoms with E-state index in [1.807, 2.05) is 35.2 Å². The van der Waals surface area contributed by atoms with Crippen LogP contribution in [0.3, 0.4) is 0 Å². The van der Waals surface area contributed by atoms with Crippen molar-refractivity contribution >= 4 is 17.8 Å². The third-order valence-corrected chi connectivity index (χ3v) is 3.47. The van der Waals surface area contributed by atoms with Crippen LogP contribution in [0.15, 0.2) is 60.8 Å². The molecule has 0 unspecified atom stereocenters. The van der Waals surface area contributed by atoms with Crippen molar-refractivity contribution in [3.63, 3.8) is 0 Å². The number of rotatable bonds is 9. The van der Waals surface area contributed by atoms with E-state index in [2.05, 4.69) is 4.98 Å². The van der Waals surface area contributed by atoms with Crippen LogP contribution in [0.5, 0.6) is 5.75 Å². The molecule has 0 radical (unpaired) electrons. The van der Waals surface area contributed by atoms with Gasteiger partial charge in [-0.1, -0.05) is 18.2 Å². The number of pyridine rings is 1. The molecule has 1 aromatic carbocycles. The first-order chi connectivity index (χ1) is 16.2. The lowest BCUT2D eigenvalue weighted by Crippen LogP contribution is -2.31. The van der Waals surface area contributed by atoms with Gasteiger partial charge in [0.25, 0.3) is 0 Å². The molecule has 2 aromatic rings. The molecule has 0 aliphatic heterocycles. The summed E-state index contributed by atoms with van der Waals surface area (Å²) in [6.45, 7) is -4.92. The molecule has 1 aromatic heterocycles. The van der Waals surface area contributed by atoms with Crippen molar-refractivity contribution < 1.29 is 32.8 Å². The van der Waals surface area contributed by atoms with Crippen molar-refractivity contribution in [1.82, 2.24) is 9.88 Å². The first kappa shape index (κ1) is 15.5. The number of ether oxygens (including phenoxy) is 1. The average molecular weight is 407 g/mol. The number of carboxylic acid groups (broad SMARTS) is 2. The molecule has 0 atom stereocenters. The summed E-state index contributed by atoms with van der Waals surface area (Å²) >= 11 is 0. The van der Waals surface area contributed by atoms with Gasteiger partial charge in [0.05, 0.1) is 7.11 Å². The van der Waals surface area contributed by atoms with Crippen molar-refractivity contribution in [2.45, 2.75) is 6.54 Å². The second kappa shape index (κ2) is 12.9. The second-order valence-corrected chi connectivity index (χ2v) is 5.62. The SMILES string of the molecule is O=C(O)/C=C\C(=O)O.[2H]C([2H])([2H])N(CCN(Cc1ccc(OC)cc1)c1ccccn1)C([2H])([2H])[2H]. The van der Waals surface area contributed by atoms with Crippen LogP contribution in [0.2, 0.25) is 0 Å². The summed E-state index contributed by atoms with van der Waals surface area (Å²) in [6, 6.07) is 12.9. The van der Waals surface area contributed by atoms with Gasteiger partial charge in [0, 0.05) is 46.2 Å². The van der Waals surface area contributed by atoms with E-state index in [4.69, 9.17) is 23.2 Å². The largest absolute Gasteiger partial charge is 0.497 e. The monoisotopic (exact) mass is 407 g/mol. The van der Waals surface area contributed by atoms with Gasteiger partial charge in [-0.15, -0.1) is 0 Å². The highest BCUT2D eigenvalue weighted by molar-refractivity contribution is 5.89. The topological polar surface area (TPSA) is 103 Å². The molecule has 0 aliphatic rings. The molecule has 0 aliphatic carbocycles. The molecule has 0 saturated heterocycles. The Kier molecular flexibility index (Phi) is 6.91. The van der Waals surface area contributed by atoms with Gasteiger partial charge in [-0.2, -0.15) is 0 Å². The number of nitrogens with zero attached hydrogens (tertiary/aromatic N) is 3. The zero-order chi connectivity index (χ0) is 26.6. The van der Waals surface area contributed by atoms with Crippen LogP contribution in [0, 0.1) is 0 Å². The maximum absolute atomic E-state index is 9.55. The lowest BCUT2D eigenvalue weighted by atomic mass is 10.2. The van der Waals surface area contributed by atoms with Crippen LogP contribution in [-0.4, -0.2) is 66.2 Å². The Bertz CT molecular complexity index is 936. The first-order valence-electron chi connectivity index (χ1n) is 11.4. The quantitative estimate of drug-likeness (QED) is 0.611. The maximum atomic E-state index is 9.55. The number of carbonyl (C=O) groups is 2. The fourth-order valence-electron chi connectivity index (χ4n) is 2.13. The van der Waals surface area contributed by atoms with Crippen LogP contribution >= 0.6 is 0 Å². The normalized spacial score (nSPS) is 14.3. The Morgan fingerprint density at radius 2 is 1.72 bits per heavy atom. The lowest BCUT2D eigenvalue weighted by molar-refractivity contribution is -0.134. The number of hydrogen-bond donors (Lipinski definition) is 2. The van der Waals surface area contributed by atoms with E-state index in [1.54, 1.807) is 25.4 Å². The smallest absolute Gasteiger partial charge is 0.328 e. The summed E-state index contributed by atoms with van der Waals surface area (Å²) in [5.74, 6) is -1.14. The molecule has 8 nitrogen and oxygen atoms in total. The molecule has 0 saturated carbocycles. The Balaban J connectivity index is 0.000000658. The molecule has 0 spiro atoms. The van der Waals surface area contributed by atoms with Crippen molar-refractivity contribution in [1.29, 1.82) is 0 Å². The molecule has 8 heteroatoms. The number of methoxy groups -OCH3 is 1. The minimum atomic E-state index is -2.71. The van der Waals surface area contributed by atoms with E-state index in [9.17, 15) is 9.59 Å². The first-order valence-corrected chi connectivity index (χ1v) is 8.44. The minimum Gasteiger partial charge on any atom is -0.497 e. The summed E-state index contributed by atoms with van der Waals surface area (Å²) < 4.78 is 50.2. The third kappa shape index (κ3) is 10.5. The van der Waals surface area contributed by atoms with Gasteiger partial charge in [-0.05, 0) is 43.8 Å². The third-order valence-electron chi connectivity index (χ3n) is 3.47. The Labute approximate surface area is 179 Å². The molecule has 29 heavy (non-hydrogen) atoms. The molecule has 0 amide bonds. The molecular formula is C21H27N3O5. The standard InChI is InChI=1S/C17H23N3O.C4H4O4/c1-19(2)12-13-20(17-6-4-5-11-18-17)14-15-7-9-16(21-3)10-8-15;5-3(6)1-2-4(7)8/h4-11H,12-14H2,1-3H3;1-2H,(H,5,6)(H,7,8)/b;2-1-/i1D3,2D3;. The molecule has 0 bridgehead atoms. The van der Waals surface area contributed by atoms with Crippen LogP contribution in [-0.2, 0) is 16.1 Å². The number of likely N-dealkylation sites (N-methyl/N-ethyl adjacent to an activating group) is 1. The van der Waals surface area contributed by atoms with Crippen molar-refractivity contribution in [2.24, 2.45) is 0 Å². The number of anilines is 1. The predicted molar refractivity (Wildman–Crippen MR) is 111 cm³/mol. The minimum absolute atomic E-state index is 0.153. The Morgan fingerprint density at radius 3 is 2.21 bits per heavy atom. The fraction of sp³-hybridized carbons (Fsp3) is 0.286. The van der Waals surface area contributed by atoms with Gasteiger partial charge in [0.15, 0.2) is 0 Å². The van der Waals surface area contributed by atoms with Gasteiger partial charge >= 0.3 is 11.9 Å². The molecule has 0 fully saturated rings. The number of benzene rings is 1. The molecule has 2 rings (SSSR count). The van der Waals surface area contributed by atoms with Gasteiger partial charge < -0.3 is 24.7 Å². The van der Waals surface area contributed by atoms with E-state index in [0.717, 1.165) is 11.3 Å². The predicted octanol–water partition coefficient (Wildman–Crippen LogP) is 2.37. The molecule has 1 heterocycles. The highest BCUT2D eigenvalue weighted by Crippen LogP contribution is 2.16. The zero-order valence-corrected chi connectivity index (χ0v) is 15.9. The van der Waals surface area contributed by atoms with Crippen molar-refractivity contribution in [3.05, 3.63) is 66.4 Å². The number of aliphatic carboxylic acids is 2. The van der Waals surface area contributed by atoms with Crippen LogP contribution in [0.1, 0.15) is 13.8 Å². The van der Waals surface area contributed by atoms with Crippen LogP contribution in [0.4, 0.5) is 5.82 Å². The number of aromatic nitrogens is 1. The molecule has 2 N–H and O–H groups in total. The summed E-state index contributed by atoms with van der Waals surface area (Å²) in [4.78, 5) is 25.8. The van der Waals surface area contributed by atoms with E-state index in [0.29, 0.717) is 29.4 Å². The zero-order valence-electron chi connectivity index (χ0n) is 21.9. The highest BCUT2D eigenvalue weighted by Gasteiger charge is 2.09. The summed E-state index contributed by atoms with van der Waals surface area (Å²) in [7, 11) is 1.59. The van der Waals surface area contributed by atoms with E-state index in [1.165, 1.54) is 0 Å². The van der Waals surface area contributed by atoms with Crippen molar-refractivity contribution in [3.8, 4) is 5.75 Å². The maximum Gasteiger partial charge on any atom is 0.328 e. The Morgan fingerprint density at radius 1 is 1.07 bits per heavy atom. The molecule has 156 valence electrons. The average Bonchev–Trinajstić information content (AvgIpc) is 2.77. The fourth-order valence-corrected chi connectivity index (χ4v) is 2.13. The van der Waals surface area contributed by atoms with Gasteiger partial charge in [-0.25, -0.2) is 14.6 Å². The summed E-state index contributed by atoms with van der Waals surface area (Å²) in [5, 5.41) is 15.6. The Hall–Kier alpha value is -3.39. The highest BCUT2D eigenvalue weighted by atomic mass is 16.5. The second-order valence-electron chi connectivity index (χ2n) is 5.62. The van der Waals surface area contributed by atoms with Gasteiger partial charge in [0.1, 0.15) is 11.6 Å². The molecular weight excluding hydrogens is 374 g/mol. The van der Waals surface area contributed by atoms with Gasteiger partial charge in [0.2, 0.25) is 0 Å². The van der Waals surface area contributed by atoms with Crippen LogP contribution < -0.4 is 9.64 Å². The van der Waals surface area contributed by atoms with Crippen LogP contribution in [0.25, 0.3) is 0 Å². The number of hydrogen-bond acceptors (Lipinski definition) is 6. The van der Waals surface area contributed by atoms with Crippen molar-refractivity contribution in [2.75, 3.05) is 39.1 Å². The van der Waals surface area contributed by atoms with E-state index in [-0.39, 0.29) is 13.1 Å². The van der Waals surface area contributed by atoms with Gasteiger partial charge in [-0.3, -0.25) is 0 Å². The lowest BCUT2D eigenvalue weighted by Gasteiger charge is -2.25. The number of carboxylic acids is 2. The van der Waals surface area contributed by atoms with E-state index < -0.39 is 25.9 Å².